The molecule has 3 rings (SSSR count). The summed E-state index contributed by atoms with van der Waals surface area (Å²) in [5.41, 5.74) is 6.73. The van der Waals surface area contributed by atoms with E-state index in [4.69, 9.17) is 19.4 Å². The fourth-order valence-electron chi connectivity index (χ4n) is 2.42. The van der Waals surface area contributed by atoms with Crippen LogP contribution in [0, 0.1) is 6.92 Å². The van der Waals surface area contributed by atoms with Gasteiger partial charge in [0.2, 0.25) is 0 Å². The Hall–Kier alpha value is -1.03. The molecule has 2 saturated heterocycles. The summed E-state index contributed by atoms with van der Waals surface area (Å²) in [7, 11) is -4.03. The molecule has 2 fully saturated rings. The Morgan fingerprint density at radius 1 is 1.33 bits per heavy atom. The minimum atomic E-state index is -4.03. The molecule has 0 saturated carbocycles. The normalized spacial score (nSPS) is 35.9. The van der Waals surface area contributed by atoms with Crippen molar-refractivity contribution in [2.24, 2.45) is 5.73 Å². The van der Waals surface area contributed by atoms with E-state index in [1.165, 1.54) is 12.1 Å². The minimum Gasteiger partial charge on any atom is -0.388 e. The Bertz CT molecular complexity index is 616. The van der Waals surface area contributed by atoms with Crippen LogP contribution in [0.5, 0.6) is 0 Å². The molecule has 0 spiro atoms. The number of aliphatic hydroxyl groups is 1. The number of hydrogen-bond acceptors (Lipinski definition) is 7. The summed E-state index contributed by atoms with van der Waals surface area (Å²) in [6.07, 6.45) is -3.71. The van der Waals surface area contributed by atoms with E-state index in [-0.39, 0.29) is 11.5 Å². The summed E-state index contributed by atoms with van der Waals surface area (Å²) in [6.45, 7) is 2.06. The van der Waals surface area contributed by atoms with Gasteiger partial charge in [0.1, 0.15) is 12.2 Å². The van der Waals surface area contributed by atoms with Crippen molar-refractivity contribution in [1.82, 2.24) is 0 Å². The summed E-state index contributed by atoms with van der Waals surface area (Å²) in [4.78, 5) is 0.00833. The Morgan fingerprint density at radius 3 is 2.67 bits per heavy atom. The topological polar surface area (TPSA) is 108 Å². The van der Waals surface area contributed by atoms with E-state index in [1.807, 2.05) is 6.92 Å². The third-order valence-electron chi connectivity index (χ3n) is 3.71. The van der Waals surface area contributed by atoms with E-state index >= 15 is 0 Å². The molecule has 2 bridgehead atoms. The monoisotopic (exact) mass is 315 g/mol. The summed E-state index contributed by atoms with van der Waals surface area (Å²) in [5.74, 6) is 0. The molecular formula is C13H17NO6S. The van der Waals surface area contributed by atoms with Crippen LogP contribution in [-0.4, -0.2) is 50.8 Å². The molecule has 21 heavy (non-hydrogen) atoms. The average Bonchev–Trinajstić information content (AvgIpc) is 2.89. The van der Waals surface area contributed by atoms with E-state index in [0.717, 1.165) is 5.56 Å². The van der Waals surface area contributed by atoms with Gasteiger partial charge in [-0.1, -0.05) is 17.7 Å². The number of ether oxygens (including phenoxy) is 2. The lowest BCUT2D eigenvalue weighted by Gasteiger charge is -2.35. The fraction of sp³-hybridized carbons (Fsp3) is 0.538. The first-order valence-corrected chi connectivity index (χ1v) is 8.00. The first-order valence-electron chi connectivity index (χ1n) is 6.59. The molecular weight excluding hydrogens is 298 g/mol. The van der Waals surface area contributed by atoms with Gasteiger partial charge >= 0.3 is 0 Å². The highest BCUT2D eigenvalue weighted by Crippen LogP contribution is 2.31. The van der Waals surface area contributed by atoms with E-state index in [0.29, 0.717) is 0 Å². The van der Waals surface area contributed by atoms with Crippen molar-refractivity contribution in [1.29, 1.82) is 0 Å². The highest BCUT2D eigenvalue weighted by Gasteiger charge is 2.51. The first-order chi connectivity index (χ1) is 9.88. The standard InChI is InChI=1S/C13H17NO6S/c1-7-2-4-8(5-3-7)21(16,17)20-12-11(15)10(14)9-6-18-13(12)19-9/h2-5,9-13,15H,6,14H2,1H3/t9-,10+,11-,12+,13-/m0/s1. The number of benzene rings is 1. The molecule has 0 aromatic heterocycles. The molecule has 0 unspecified atom stereocenters. The van der Waals surface area contributed by atoms with Gasteiger partial charge in [0, 0.05) is 0 Å². The molecule has 0 aliphatic carbocycles. The predicted octanol–water partition coefficient (Wildman–Crippen LogP) is -0.488. The predicted molar refractivity (Wildman–Crippen MR) is 71.8 cm³/mol. The van der Waals surface area contributed by atoms with Crippen LogP contribution in [0.25, 0.3) is 0 Å². The van der Waals surface area contributed by atoms with Crippen molar-refractivity contribution in [3.63, 3.8) is 0 Å². The molecule has 8 heteroatoms. The summed E-state index contributed by atoms with van der Waals surface area (Å²) < 4.78 is 40.3. The molecule has 0 radical (unpaired) electrons. The van der Waals surface area contributed by atoms with Crippen molar-refractivity contribution in [3.8, 4) is 0 Å². The fourth-order valence-corrected chi connectivity index (χ4v) is 3.50. The molecule has 1 aromatic carbocycles. The smallest absolute Gasteiger partial charge is 0.297 e. The maximum atomic E-state index is 12.3. The van der Waals surface area contributed by atoms with Gasteiger partial charge in [-0.25, -0.2) is 0 Å². The summed E-state index contributed by atoms with van der Waals surface area (Å²) >= 11 is 0. The zero-order valence-electron chi connectivity index (χ0n) is 11.4. The van der Waals surface area contributed by atoms with Gasteiger partial charge in [0.05, 0.1) is 17.5 Å². The quantitative estimate of drug-likeness (QED) is 0.725. The van der Waals surface area contributed by atoms with Crippen LogP contribution in [0.15, 0.2) is 29.2 Å². The zero-order chi connectivity index (χ0) is 15.2. The Labute approximate surface area is 122 Å². The highest BCUT2D eigenvalue weighted by molar-refractivity contribution is 7.86. The molecule has 0 amide bonds. The van der Waals surface area contributed by atoms with Gasteiger partial charge in [0.15, 0.2) is 12.4 Å². The number of hydrogen-bond donors (Lipinski definition) is 2. The SMILES string of the molecule is Cc1ccc(S(=O)(=O)O[C@H]2[C@H]3OC[C@H](O3)[C@@H](N)[C@@H]2O)cc1. The van der Waals surface area contributed by atoms with Gasteiger partial charge in [-0.15, -0.1) is 0 Å². The third-order valence-corrected chi connectivity index (χ3v) is 5.03. The van der Waals surface area contributed by atoms with Gasteiger partial charge in [-0.2, -0.15) is 8.42 Å². The average molecular weight is 315 g/mol. The van der Waals surface area contributed by atoms with Gasteiger partial charge in [0.25, 0.3) is 10.1 Å². The Morgan fingerprint density at radius 2 is 2.00 bits per heavy atom. The Balaban J connectivity index is 1.83. The van der Waals surface area contributed by atoms with E-state index < -0.39 is 40.8 Å². The Kier molecular flexibility index (Phi) is 3.76. The number of fused-ring (bicyclic) bond motifs is 2. The molecule has 5 atom stereocenters. The number of aryl methyl sites for hydroxylation is 1. The zero-order valence-corrected chi connectivity index (χ0v) is 12.2. The molecule has 7 nitrogen and oxygen atoms in total. The van der Waals surface area contributed by atoms with Crippen molar-refractivity contribution in [2.75, 3.05) is 6.61 Å². The second kappa shape index (κ2) is 5.31. The largest absolute Gasteiger partial charge is 0.388 e. The lowest BCUT2D eigenvalue weighted by Crippen LogP contribution is -2.58. The van der Waals surface area contributed by atoms with Gasteiger partial charge in [-0.3, -0.25) is 4.18 Å². The van der Waals surface area contributed by atoms with Gasteiger partial charge in [-0.05, 0) is 19.1 Å². The lowest BCUT2D eigenvalue weighted by molar-refractivity contribution is -0.188. The van der Waals surface area contributed by atoms with E-state index in [2.05, 4.69) is 0 Å². The van der Waals surface area contributed by atoms with E-state index in [9.17, 15) is 13.5 Å². The van der Waals surface area contributed by atoms with Crippen LogP contribution in [0.4, 0.5) is 0 Å². The molecule has 2 aliphatic rings. The number of aliphatic hydroxyl groups excluding tert-OH is 1. The lowest BCUT2D eigenvalue weighted by atomic mass is 9.99. The molecule has 1 aromatic rings. The maximum Gasteiger partial charge on any atom is 0.297 e. The van der Waals surface area contributed by atoms with Crippen LogP contribution < -0.4 is 5.73 Å². The summed E-state index contributed by atoms with van der Waals surface area (Å²) in [6, 6.07) is 5.47. The molecule has 116 valence electrons. The van der Waals surface area contributed by atoms with Crippen LogP contribution in [0.3, 0.4) is 0 Å². The van der Waals surface area contributed by atoms with Crippen molar-refractivity contribution in [3.05, 3.63) is 29.8 Å². The molecule has 2 aliphatic heterocycles. The highest BCUT2D eigenvalue weighted by atomic mass is 32.2. The van der Waals surface area contributed by atoms with Crippen LogP contribution in [-0.2, 0) is 23.8 Å². The van der Waals surface area contributed by atoms with Crippen LogP contribution in [0.1, 0.15) is 5.56 Å². The number of rotatable bonds is 3. The van der Waals surface area contributed by atoms with Crippen LogP contribution in [0.2, 0.25) is 0 Å². The van der Waals surface area contributed by atoms with Crippen LogP contribution >= 0.6 is 0 Å². The van der Waals surface area contributed by atoms with Gasteiger partial charge < -0.3 is 20.3 Å². The van der Waals surface area contributed by atoms with Crippen molar-refractivity contribution in [2.45, 2.75) is 42.5 Å². The number of nitrogens with two attached hydrogens (primary N) is 1. The van der Waals surface area contributed by atoms with Crippen molar-refractivity contribution >= 4 is 10.1 Å². The van der Waals surface area contributed by atoms with E-state index in [1.54, 1.807) is 12.1 Å². The second-order valence-corrected chi connectivity index (χ2v) is 6.84. The summed E-state index contributed by atoms with van der Waals surface area (Å²) in [5, 5.41) is 10.1. The molecule has 3 N–H and O–H groups in total. The minimum absolute atomic E-state index is 0.00833. The second-order valence-electron chi connectivity index (χ2n) is 5.27. The molecule has 2 heterocycles. The van der Waals surface area contributed by atoms with Crippen molar-refractivity contribution < 1.29 is 27.2 Å². The third kappa shape index (κ3) is 2.70. The maximum absolute atomic E-state index is 12.3. The first kappa shape index (κ1) is 14.9.